The second-order valence-corrected chi connectivity index (χ2v) is 6.77. The van der Waals surface area contributed by atoms with E-state index in [0.717, 1.165) is 37.9 Å². The van der Waals surface area contributed by atoms with Gasteiger partial charge in [-0.15, -0.1) is 0 Å². The van der Waals surface area contributed by atoms with Gasteiger partial charge in [0.15, 0.2) is 0 Å². The van der Waals surface area contributed by atoms with Gasteiger partial charge in [-0.25, -0.2) is 0 Å². The lowest BCUT2D eigenvalue weighted by Gasteiger charge is -2.35. The van der Waals surface area contributed by atoms with Crippen LogP contribution in [0.15, 0.2) is 24.3 Å². The zero-order valence-corrected chi connectivity index (χ0v) is 14.1. The number of carbonyl (C=O) groups is 2. The smallest absolute Gasteiger partial charge is 0.236 e. The van der Waals surface area contributed by atoms with Crippen LogP contribution in [-0.2, 0) is 16.0 Å². The Morgan fingerprint density at radius 1 is 1.17 bits per heavy atom. The number of para-hydroxylation sites is 1. The van der Waals surface area contributed by atoms with Crippen molar-refractivity contribution in [2.45, 2.75) is 64.5 Å². The molecule has 0 radical (unpaired) electrons. The van der Waals surface area contributed by atoms with E-state index in [-0.39, 0.29) is 24.3 Å². The summed E-state index contributed by atoms with van der Waals surface area (Å²) in [5.41, 5.74) is 2.17. The van der Waals surface area contributed by atoms with Crippen LogP contribution in [0.25, 0.3) is 0 Å². The van der Waals surface area contributed by atoms with Gasteiger partial charge in [0.05, 0.1) is 0 Å². The molecule has 124 valence electrons. The largest absolute Gasteiger partial charge is 0.339 e. The van der Waals surface area contributed by atoms with Crippen molar-refractivity contribution in [1.82, 2.24) is 4.90 Å². The summed E-state index contributed by atoms with van der Waals surface area (Å²) in [6.45, 7) is 4.98. The molecule has 2 atom stereocenters. The Hall–Kier alpha value is -1.84. The molecule has 1 aromatic carbocycles. The van der Waals surface area contributed by atoms with E-state index in [1.807, 2.05) is 28.0 Å². The van der Waals surface area contributed by atoms with Gasteiger partial charge in [-0.1, -0.05) is 25.1 Å². The molecule has 4 heteroatoms. The van der Waals surface area contributed by atoms with E-state index in [2.05, 4.69) is 19.9 Å². The maximum Gasteiger partial charge on any atom is 0.236 e. The molecule has 2 aliphatic heterocycles. The van der Waals surface area contributed by atoms with Crippen LogP contribution in [0.1, 0.15) is 51.5 Å². The van der Waals surface area contributed by atoms with Crippen LogP contribution in [0.2, 0.25) is 0 Å². The molecule has 3 rings (SSSR count). The lowest BCUT2D eigenvalue weighted by molar-refractivity contribution is -0.138. The molecule has 23 heavy (non-hydrogen) atoms. The summed E-state index contributed by atoms with van der Waals surface area (Å²) in [7, 11) is 0. The summed E-state index contributed by atoms with van der Waals surface area (Å²) in [6.07, 6.45) is 5.15. The molecule has 2 unspecified atom stereocenters. The molecule has 2 heterocycles. The predicted molar refractivity (Wildman–Crippen MR) is 91.4 cm³/mol. The van der Waals surface area contributed by atoms with Crippen LogP contribution in [0, 0.1) is 0 Å². The van der Waals surface area contributed by atoms with Gasteiger partial charge in [0, 0.05) is 24.3 Å². The molecule has 1 aromatic rings. The Balaban J connectivity index is 1.70. The minimum absolute atomic E-state index is 0.00173. The van der Waals surface area contributed by atoms with Crippen LogP contribution in [0.5, 0.6) is 0 Å². The zero-order chi connectivity index (χ0) is 16.4. The normalized spacial score (nSPS) is 23.7. The minimum atomic E-state index is -0.0622. The number of rotatable bonds is 3. The van der Waals surface area contributed by atoms with Gasteiger partial charge in [-0.2, -0.15) is 0 Å². The minimum Gasteiger partial charge on any atom is -0.339 e. The molecule has 0 aliphatic carbocycles. The molecule has 0 aromatic heterocycles. The highest BCUT2D eigenvalue weighted by Crippen LogP contribution is 2.32. The van der Waals surface area contributed by atoms with E-state index < -0.39 is 0 Å². The number of benzene rings is 1. The quantitative estimate of drug-likeness (QED) is 0.804. The first-order valence-electron chi connectivity index (χ1n) is 8.81. The fourth-order valence-electron chi connectivity index (χ4n) is 4.02. The summed E-state index contributed by atoms with van der Waals surface area (Å²) in [6, 6.07) is 8.46. The lowest BCUT2D eigenvalue weighted by Crippen LogP contribution is -2.46. The first kappa shape index (κ1) is 16.0. The van der Waals surface area contributed by atoms with E-state index >= 15 is 0 Å². The SMILES string of the molecule is CCC1CCCCN1C(=O)CC(=O)N1c2ccccc2CC1C. The highest BCUT2D eigenvalue weighted by molar-refractivity contribution is 6.06. The van der Waals surface area contributed by atoms with E-state index in [1.165, 1.54) is 12.0 Å². The topological polar surface area (TPSA) is 40.6 Å². The summed E-state index contributed by atoms with van der Waals surface area (Å²) in [5.74, 6) is -0.0639. The molecule has 0 N–H and O–H groups in total. The molecule has 1 saturated heterocycles. The second-order valence-electron chi connectivity index (χ2n) is 6.77. The summed E-state index contributed by atoms with van der Waals surface area (Å²) < 4.78 is 0. The van der Waals surface area contributed by atoms with Gasteiger partial charge in [0.1, 0.15) is 6.42 Å². The van der Waals surface area contributed by atoms with Crippen LogP contribution in [0.4, 0.5) is 5.69 Å². The second kappa shape index (κ2) is 6.73. The van der Waals surface area contributed by atoms with E-state index in [9.17, 15) is 9.59 Å². The van der Waals surface area contributed by atoms with Crippen LogP contribution in [0.3, 0.4) is 0 Å². The van der Waals surface area contributed by atoms with Crippen LogP contribution in [-0.4, -0.2) is 35.3 Å². The van der Waals surface area contributed by atoms with Crippen molar-refractivity contribution in [2.24, 2.45) is 0 Å². The Labute approximate surface area is 138 Å². The molecule has 2 amide bonds. The Morgan fingerprint density at radius 2 is 1.96 bits per heavy atom. The molecule has 0 spiro atoms. The number of hydrogen-bond acceptors (Lipinski definition) is 2. The highest BCUT2D eigenvalue weighted by atomic mass is 16.2. The number of fused-ring (bicyclic) bond motifs is 1. The van der Waals surface area contributed by atoms with Crippen molar-refractivity contribution < 1.29 is 9.59 Å². The molecular formula is C19H26N2O2. The van der Waals surface area contributed by atoms with Crippen molar-refractivity contribution in [1.29, 1.82) is 0 Å². The third-order valence-corrected chi connectivity index (χ3v) is 5.20. The van der Waals surface area contributed by atoms with Gasteiger partial charge < -0.3 is 9.80 Å². The highest BCUT2D eigenvalue weighted by Gasteiger charge is 2.33. The number of piperidine rings is 1. The number of anilines is 1. The third-order valence-electron chi connectivity index (χ3n) is 5.20. The average Bonchev–Trinajstić information content (AvgIpc) is 2.90. The van der Waals surface area contributed by atoms with E-state index in [0.29, 0.717) is 6.04 Å². The molecule has 4 nitrogen and oxygen atoms in total. The molecule has 0 saturated carbocycles. The van der Waals surface area contributed by atoms with Crippen LogP contribution < -0.4 is 4.90 Å². The van der Waals surface area contributed by atoms with E-state index in [4.69, 9.17) is 0 Å². The number of hydrogen-bond donors (Lipinski definition) is 0. The fraction of sp³-hybridized carbons (Fsp3) is 0.579. The van der Waals surface area contributed by atoms with Crippen molar-refractivity contribution in [3.63, 3.8) is 0 Å². The summed E-state index contributed by atoms with van der Waals surface area (Å²) in [4.78, 5) is 29.1. The Morgan fingerprint density at radius 3 is 2.74 bits per heavy atom. The van der Waals surface area contributed by atoms with Crippen molar-refractivity contribution in [2.75, 3.05) is 11.4 Å². The molecule has 0 bridgehead atoms. The number of carbonyl (C=O) groups excluding carboxylic acids is 2. The number of likely N-dealkylation sites (tertiary alicyclic amines) is 1. The van der Waals surface area contributed by atoms with Crippen molar-refractivity contribution >= 4 is 17.5 Å². The third kappa shape index (κ3) is 3.12. The van der Waals surface area contributed by atoms with Gasteiger partial charge in [-0.05, 0) is 50.7 Å². The Kier molecular flexibility index (Phi) is 4.69. The molecule has 2 aliphatic rings. The van der Waals surface area contributed by atoms with E-state index in [1.54, 1.807) is 0 Å². The van der Waals surface area contributed by atoms with Gasteiger partial charge in [0.2, 0.25) is 11.8 Å². The fourth-order valence-corrected chi connectivity index (χ4v) is 4.02. The number of nitrogens with zero attached hydrogens (tertiary/aromatic N) is 2. The van der Waals surface area contributed by atoms with Crippen LogP contribution >= 0.6 is 0 Å². The first-order chi connectivity index (χ1) is 11.1. The summed E-state index contributed by atoms with van der Waals surface area (Å²) >= 11 is 0. The first-order valence-corrected chi connectivity index (χ1v) is 8.81. The maximum absolute atomic E-state index is 12.7. The summed E-state index contributed by atoms with van der Waals surface area (Å²) in [5, 5.41) is 0. The predicted octanol–water partition coefficient (Wildman–Crippen LogP) is 3.15. The van der Waals surface area contributed by atoms with Gasteiger partial charge in [0.25, 0.3) is 0 Å². The van der Waals surface area contributed by atoms with Crippen molar-refractivity contribution in [3.05, 3.63) is 29.8 Å². The maximum atomic E-state index is 12.7. The lowest BCUT2D eigenvalue weighted by atomic mass is 9.99. The molecular weight excluding hydrogens is 288 g/mol. The zero-order valence-electron chi connectivity index (χ0n) is 14.1. The van der Waals surface area contributed by atoms with Gasteiger partial charge in [-0.3, -0.25) is 9.59 Å². The van der Waals surface area contributed by atoms with Crippen molar-refractivity contribution in [3.8, 4) is 0 Å². The average molecular weight is 314 g/mol. The van der Waals surface area contributed by atoms with Gasteiger partial charge >= 0.3 is 0 Å². The monoisotopic (exact) mass is 314 g/mol. The molecule has 1 fully saturated rings. The number of amides is 2. The Bertz CT molecular complexity index is 599. The standard InChI is InChI=1S/C19H26N2O2/c1-3-16-9-6-7-11-20(16)18(22)13-19(23)21-14(2)12-15-8-4-5-10-17(15)21/h4-5,8,10,14,16H,3,6-7,9,11-13H2,1-2H3.